The standard InChI is InChI=1S/C22H27N5O2S/c1-25(12-9-18-6-2-3-10-23-18)20(28)8-7-17-5-4-11-26(15-17)21(29)19-16-27-13-14-30-22(27)24-19/h2-3,6,10,13-14,16-17H,4-5,7-9,11-12,15H2,1H3/t17-/m0/s1. The molecule has 1 aliphatic heterocycles. The number of pyridine rings is 1. The zero-order chi connectivity index (χ0) is 20.9. The van der Waals surface area contributed by atoms with E-state index < -0.39 is 0 Å². The third-order valence-electron chi connectivity index (χ3n) is 5.74. The van der Waals surface area contributed by atoms with Crippen molar-refractivity contribution in [3.8, 4) is 0 Å². The van der Waals surface area contributed by atoms with E-state index in [-0.39, 0.29) is 11.8 Å². The lowest BCUT2D eigenvalue weighted by molar-refractivity contribution is -0.130. The van der Waals surface area contributed by atoms with Crippen LogP contribution in [0.15, 0.2) is 42.2 Å². The van der Waals surface area contributed by atoms with Crippen molar-refractivity contribution in [3.05, 3.63) is 53.6 Å². The Labute approximate surface area is 180 Å². The molecule has 0 N–H and O–H groups in total. The van der Waals surface area contributed by atoms with E-state index in [9.17, 15) is 9.59 Å². The number of hydrogen-bond acceptors (Lipinski definition) is 5. The van der Waals surface area contributed by atoms with Crippen LogP contribution in [0.25, 0.3) is 4.96 Å². The molecular weight excluding hydrogens is 398 g/mol. The molecule has 30 heavy (non-hydrogen) atoms. The first-order valence-electron chi connectivity index (χ1n) is 10.5. The molecule has 0 aliphatic carbocycles. The molecule has 1 saturated heterocycles. The summed E-state index contributed by atoms with van der Waals surface area (Å²) in [6.45, 7) is 2.13. The van der Waals surface area contributed by atoms with Crippen molar-refractivity contribution >= 4 is 28.1 Å². The lowest BCUT2D eigenvalue weighted by atomic mass is 9.93. The van der Waals surface area contributed by atoms with Crippen molar-refractivity contribution in [1.29, 1.82) is 0 Å². The van der Waals surface area contributed by atoms with Gasteiger partial charge in [-0.25, -0.2) is 4.98 Å². The second-order valence-corrected chi connectivity index (χ2v) is 8.78. The van der Waals surface area contributed by atoms with Gasteiger partial charge in [-0.2, -0.15) is 0 Å². The van der Waals surface area contributed by atoms with Crippen LogP contribution < -0.4 is 0 Å². The Morgan fingerprint density at radius 3 is 3.03 bits per heavy atom. The maximum absolute atomic E-state index is 12.9. The SMILES string of the molecule is CN(CCc1ccccn1)C(=O)CC[C@@H]1CCCN(C(=O)c2cn3ccsc3n2)C1. The van der Waals surface area contributed by atoms with Crippen LogP contribution in [0.2, 0.25) is 0 Å². The minimum atomic E-state index is -0.00518. The molecule has 4 rings (SSSR count). The smallest absolute Gasteiger partial charge is 0.274 e. The van der Waals surface area contributed by atoms with Crippen molar-refractivity contribution in [3.63, 3.8) is 0 Å². The second-order valence-electron chi connectivity index (χ2n) is 7.90. The highest BCUT2D eigenvalue weighted by atomic mass is 32.1. The van der Waals surface area contributed by atoms with E-state index in [1.807, 2.05) is 46.1 Å². The van der Waals surface area contributed by atoms with Crippen LogP contribution >= 0.6 is 11.3 Å². The number of carbonyl (C=O) groups is 2. The predicted octanol–water partition coefficient (Wildman–Crippen LogP) is 3.12. The number of fused-ring (bicyclic) bond motifs is 1. The second kappa shape index (κ2) is 9.38. The summed E-state index contributed by atoms with van der Waals surface area (Å²) in [6.07, 6.45) is 9.63. The molecule has 0 unspecified atom stereocenters. The largest absolute Gasteiger partial charge is 0.345 e. The predicted molar refractivity (Wildman–Crippen MR) is 117 cm³/mol. The number of likely N-dealkylation sites (tertiary alicyclic amines) is 1. The highest BCUT2D eigenvalue weighted by molar-refractivity contribution is 7.15. The lowest BCUT2D eigenvalue weighted by Crippen LogP contribution is -2.40. The van der Waals surface area contributed by atoms with Gasteiger partial charge in [0.25, 0.3) is 5.91 Å². The molecule has 3 aromatic rings. The third kappa shape index (κ3) is 4.87. The zero-order valence-corrected chi connectivity index (χ0v) is 18.1. The number of rotatable bonds is 7. The number of nitrogens with zero attached hydrogens (tertiary/aromatic N) is 5. The van der Waals surface area contributed by atoms with Gasteiger partial charge in [-0.15, -0.1) is 11.3 Å². The summed E-state index contributed by atoms with van der Waals surface area (Å²) in [4.78, 5) is 38.7. The minimum Gasteiger partial charge on any atom is -0.345 e. The normalized spacial score (nSPS) is 16.7. The van der Waals surface area contributed by atoms with Crippen LogP contribution in [0.3, 0.4) is 0 Å². The Morgan fingerprint density at radius 2 is 2.23 bits per heavy atom. The van der Waals surface area contributed by atoms with Crippen LogP contribution in [0, 0.1) is 5.92 Å². The number of imidazole rings is 1. The fourth-order valence-corrected chi connectivity index (χ4v) is 4.65. The molecular formula is C22H27N5O2S. The van der Waals surface area contributed by atoms with Crippen LogP contribution in [-0.2, 0) is 11.2 Å². The van der Waals surface area contributed by atoms with Crippen LogP contribution in [0.1, 0.15) is 41.9 Å². The van der Waals surface area contributed by atoms with Crippen LogP contribution in [0.5, 0.6) is 0 Å². The maximum Gasteiger partial charge on any atom is 0.274 e. The summed E-state index contributed by atoms with van der Waals surface area (Å²) in [5.41, 5.74) is 1.51. The maximum atomic E-state index is 12.9. The van der Waals surface area contributed by atoms with Gasteiger partial charge in [0, 0.05) is 69.2 Å². The third-order valence-corrected chi connectivity index (χ3v) is 6.51. The van der Waals surface area contributed by atoms with E-state index in [1.165, 1.54) is 11.3 Å². The molecule has 158 valence electrons. The van der Waals surface area contributed by atoms with Gasteiger partial charge >= 0.3 is 0 Å². The fraction of sp³-hybridized carbons (Fsp3) is 0.455. The molecule has 1 aliphatic rings. The Bertz CT molecular complexity index is 971. The lowest BCUT2D eigenvalue weighted by Gasteiger charge is -2.32. The quantitative estimate of drug-likeness (QED) is 0.583. The van der Waals surface area contributed by atoms with Crippen molar-refractivity contribution in [2.24, 2.45) is 5.92 Å². The first-order chi connectivity index (χ1) is 14.6. The summed E-state index contributed by atoms with van der Waals surface area (Å²) in [6, 6.07) is 5.84. The van der Waals surface area contributed by atoms with E-state index >= 15 is 0 Å². The number of aromatic nitrogens is 3. The van der Waals surface area contributed by atoms with Crippen molar-refractivity contribution in [1.82, 2.24) is 24.2 Å². The van der Waals surface area contributed by atoms with Gasteiger partial charge in [0.1, 0.15) is 5.69 Å². The monoisotopic (exact) mass is 425 g/mol. The highest BCUT2D eigenvalue weighted by Gasteiger charge is 2.26. The molecule has 2 amide bonds. The van der Waals surface area contributed by atoms with Crippen LogP contribution in [-0.4, -0.2) is 62.7 Å². The number of carbonyl (C=O) groups excluding carboxylic acids is 2. The summed E-state index contributed by atoms with van der Waals surface area (Å²) in [5, 5.41) is 1.96. The Morgan fingerprint density at radius 1 is 1.33 bits per heavy atom. The Hall–Kier alpha value is -2.74. The Kier molecular flexibility index (Phi) is 6.42. The summed E-state index contributed by atoms with van der Waals surface area (Å²) in [5.74, 6) is 0.512. The average Bonchev–Trinajstić information content (AvgIpc) is 3.38. The number of amides is 2. The summed E-state index contributed by atoms with van der Waals surface area (Å²) >= 11 is 1.52. The molecule has 8 heteroatoms. The summed E-state index contributed by atoms with van der Waals surface area (Å²) in [7, 11) is 1.85. The molecule has 0 aromatic carbocycles. The number of piperidine rings is 1. The molecule has 0 radical (unpaired) electrons. The number of likely N-dealkylation sites (N-methyl/N-ethyl adjacent to an activating group) is 1. The van der Waals surface area contributed by atoms with Crippen LogP contribution in [0.4, 0.5) is 0 Å². The molecule has 3 aromatic heterocycles. The first-order valence-corrected chi connectivity index (χ1v) is 11.3. The van der Waals surface area contributed by atoms with Crippen molar-refractivity contribution in [2.45, 2.75) is 32.1 Å². The van der Waals surface area contributed by atoms with Crippen molar-refractivity contribution < 1.29 is 9.59 Å². The molecule has 4 heterocycles. The van der Waals surface area contributed by atoms with Crippen molar-refractivity contribution in [2.75, 3.05) is 26.7 Å². The van der Waals surface area contributed by atoms with Gasteiger partial charge in [0.05, 0.1) is 0 Å². The highest BCUT2D eigenvalue weighted by Crippen LogP contribution is 2.23. The molecule has 7 nitrogen and oxygen atoms in total. The molecule has 0 spiro atoms. The summed E-state index contributed by atoms with van der Waals surface area (Å²) < 4.78 is 1.89. The average molecular weight is 426 g/mol. The van der Waals surface area contributed by atoms with E-state index in [0.717, 1.165) is 42.9 Å². The molecule has 1 atom stereocenters. The first kappa shape index (κ1) is 20.5. The molecule has 0 bridgehead atoms. The number of hydrogen-bond donors (Lipinski definition) is 0. The number of thiazole rings is 1. The zero-order valence-electron chi connectivity index (χ0n) is 17.2. The topological polar surface area (TPSA) is 70.8 Å². The van der Waals surface area contributed by atoms with Gasteiger partial charge in [-0.3, -0.25) is 19.0 Å². The van der Waals surface area contributed by atoms with E-state index in [2.05, 4.69) is 9.97 Å². The van der Waals surface area contributed by atoms with E-state index in [0.29, 0.717) is 31.1 Å². The van der Waals surface area contributed by atoms with Gasteiger partial charge in [0.15, 0.2) is 4.96 Å². The van der Waals surface area contributed by atoms with E-state index in [4.69, 9.17) is 0 Å². The molecule has 0 saturated carbocycles. The van der Waals surface area contributed by atoms with Gasteiger partial charge in [-0.1, -0.05) is 6.07 Å². The Balaban J connectivity index is 1.24. The van der Waals surface area contributed by atoms with Gasteiger partial charge in [0.2, 0.25) is 5.91 Å². The van der Waals surface area contributed by atoms with Gasteiger partial charge in [-0.05, 0) is 37.3 Å². The van der Waals surface area contributed by atoms with Gasteiger partial charge < -0.3 is 9.80 Å². The minimum absolute atomic E-state index is 0.00518. The molecule has 1 fully saturated rings. The van der Waals surface area contributed by atoms with E-state index in [1.54, 1.807) is 17.3 Å². The fourth-order valence-electron chi connectivity index (χ4n) is 3.95.